The molecule has 2 aromatic carbocycles. The Morgan fingerprint density at radius 3 is 2.35 bits per heavy atom. The Labute approximate surface area is 184 Å². The molecular weight excluding hydrogens is 414 g/mol. The molecule has 4 rings (SSSR count). The van der Waals surface area contributed by atoms with Gasteiger partial charge in [-0.3, -0.25) is 9.69 Å². The van der Waals surface area contributed by atoms with Gasteiger partial charge in [0.1, 0.15) is 0 Å². The van der Waals surface area contributed by atoms with Gasteiger partial charge in [-0.15, -0.1) is 0 Å². The quantitative estimate of drug-likeness (QED) is 0.709. The summed E-state index contributed by atoms with van der Waals surface area (Å²) in [7, 11) is -3.61. The smallest absolute Gasteiger partial charge is 0.253 e. The van der Waals surface area contributed by atoms with Crippen molar-refractivity contribution in [3.05, 3.63) is 65.7 Å². The van der Waals surface area contributed by atoms with Crippen molar-refractivity contribution < 1.29 is 17.9 Å². The van der Waals surface area contributed by atoms with Crippen LogP contribution >= 0.6 is 0 Å². The number of piperazine rings is 1. The average molecular weight is 444 g/mol. The summed E-state index contributed by atoms with van der Waals surface area (Å²) in [4.78, 5) is 17.2. The minimum Gasteiger partial charge on any atom is -0.377 e. The lowest BCUT2D eigenvalue weighted by Gasteiger charge is -2.34. The molecule has 2 aliphatic heterocycles. The number of benzene rings is 2. The van der Waals surface area contributed by atoms with E-state index < -0.39 is 10.0 Å². The number of carbonyl (C=O) groups is 1. The molecule has 0 spiro atoms. The van der Waals surface area contributed by atoms with Crippen molar-refractivity contribution in [2.24, 2.45) is 0 Å². The zero-order valence-electron chi connectivity index (χ0n) is 17.6. The number of hydrogen-bond acceptors (Lipinski definition) is 5. The Balaban J connectivity index is 1.30. The summed E-state index contributed by atoms with van der Waals surface area (Å²) in [5.74, 6) is -0.0596. The van der Waals surface area contributed by atoms with Crippen LogP contribution < -0.4 is 4.72 Å². The lowest BCUT2D eigenvalue weighted by molar-refractivity contribution is 0.0628. The molecule has 2 aliphatic rings. The van der Waals surface area contributed by atoms with Crippen LogP contribution in [0.25, 0.3) is 0 Å². The Kier molecular flexibility index (Phi) is 7.02. The summed E-state index contributed by atoms with van der Waals surface area (Å²) in [6.45, 7) is 4.80. The maximum absolute atomic E-state index is 12.9. The van der Waals surface area contributed by atoms with Gasteiger partial charge in [-0.05, 0) is 42.7 Å². The first-order chi connectivity index (χ1) is 15.0. The van der Waals surface area contributed by atoms with Gasteiger partial charge in [0, 0.05) is 51.4 Å². The van der Waals surface area contributed by atoms with Crippen LogP contribution in [-0.4, -0.2) is 69.6 Å². The van der Waals surface area contributed by atoms with Gasteiger partial charge < -0.3 is 9.64 Å². The highest BCUT2D eigenvalue weighted by Crippen LogP contribution is 2.16. The van der Waals surface area contributed by atoms with E-state index in [-0.39, 0.29) is 23.5 Å². The molecule has 1 atom stereocenters. The van der Waals surface area contributed by atoms with Crippen LogP contribution in [0.3, 0.4) is 0 Å². The Morgan fingerprint density at radius 1 is 1.00 bits per heavy atom. The van der Waals surface area contributed by atoms with Gasteiger partial charge in [-0.25, -0.2) is 13.1 Å². The first kappa shape index (κ1) is 22.0. The van der Waals surface area contributed by atoms with E-state index in [1.807, 2.05) is 23.1 Å². The van der Waals surface area contributed by atoms with Crippen molar-refractivity contribution in [2.45, 2.75) is 30.4 Å². The minimum atomic E-state index is -3.61. The molecule has 0 unspecified atom stereocenters. The topological polar surface area (TPSA) is 78.9 Å². The molecule has 0 radical (unpaired) electrons. The fourth-order valence-corrected chi connectivity index (χ4v) is 5.07. The first-order valence-corrected chi connectivity index (χ1v) is 12.3. The lowest BCUT2D eigenvalue weighted by Crippen LogP contribution is -2.48. The number of ether oxygens (including phenoxy) is 1. The first-order valence-electron chi connectivity index (χ1n) is 10.8. The van der Waals surface area contributed by atoms with Gasteiger partial charge in [-0.2, -0.15) is 0 Å². The van der Waals surface area contributed by atoms with E-state index in [4.69, 9.17) is 4.74 Å². The third-order valence-electron chi connectivity index (χ3n) is 5.85. The maximum atomic E-state index is 12.9. The average Bonchev–Trinajstić information content (AvgIpc) is 3.33. The molecule has 8 heteroatoms. The molecule has 7 nitrogen and oxygen atoms in total. The molecular formula is C23H29N3O4S. The molecule has 2 saturated heterocycles. The molecule has 166 valence electrons. The van der Waals surface area contributed by atoms with E-state index in [1.165, 1.54) is 17.7 Å². The minimum absolute atomic E-state index is 0.0591. The molecule has 2 aromatic rings. The highest BCUT2D eigenvalue weighted by molar-refractivity contribution is 7.89. The van der Waals surface area contributed by atoms with Crippen LogP contribution in [0.5, 0.6) is 0 Å². The fraction of sp³-hybridized carbons (Fsp3) is 0.435. The summed E-state index contributed by atoms with van der Waals surface area (Å²) >= 11 is 0. The molecule has 1 amide bonds. The number of nitrogens with zero attached hydrogens (tertiary/aromatic N) is 2. The summed E-state index contributed by atoms with van der Waals surface area (Å²) in [6.07, 6.45) is 1.77. The highest BCUT2D eigenvalue weighted by Gasteiger charge is 2.24. The van der Waals surface area contributed by atoms with E-state index in [9.17, 15) is 13.2 Å². The number of amides is 1. The van der Waals surface area contributed by atoms with Crippen LogP contribution in [0.15, 0.2) is 59.5 Å². The van der Waals surface area contributed by atoms with Crippen molar-refractivity contribution in [1.82, 2.24) is 14.5 Å². The predicted molar refractivity (Wildman–Crippen MR) is 118 cm³/mol. The number of rotatable bonds is 7. The van der Waals surface area contributed by atoms with Gasteiger partial charge in [0.05, 0.1) is 11.0 Å². The predicted octanol–water partition coefficient (Wildman–Crippen LogP) is 2.10. The van der Waals surface area contributed by atoms with E-state index in [0.29, 0.717) is 25.3 Å². The fourth-order valence-electron chi connectivity index (χ4n) is 4.00. The van der Waals surface area contributed by atoms with Gasteiger partial charge in [-0.1, -0.05) is 30.3 Å². The summed E-state index contributed by atoms with van der Waals surface area (Å²) in [5.41, 5.74) is 1.78. The number of hydrogen-bond donors (Lipinski definition) is 1. The molecule has 2 heterocycles. The maximum Gasteiger partial charge on any atom is 0.253 e. The second-order valence-electron chi connectivity index (χ2n) is 8.07. The van der Waals surface area contributed by atoms with Crippen LogP contribution in [-0.2, 0) is 21.3 Å². The van der Waals surface area contributed by atoms with Crippen LogP contribution in [0.1, 0.15) is 28.8 Å². The second kappa shape index (κ2) is 9.91. The monoisotopic (exact) mass is 443 g/mol. The summed E-state index contributed by atoms with van der Waals surface area (Å²) in [6, 6.07) is 16.5. The van der Waals surface area contributed by atoms with Gasteiger partial charge >= 0.3 is 0 Å². The molecule has 1 N–H and O–H groups in total. The van der Waals surface area contributed by atoms with E-state index in [0.717, 1.165) is 32.5 Å². The zero-order valence-corrected chi connectivity index (χ0v) is 18.4. The molecule has 0 saturated carbocycles. The standard InChI is InChI=1S/C23H29N3O4S/c27-23(26-14-12-25(13-15-26)18-19-5-2-1-3-6-19)20-8-10-22(11-9-20)31(28,29)24-17-21-7-4-16-30-21/h1-3,5-6,8-11,21,24H,4,7,12-18H2/t21-/m1/s1. The van der Waals surface area contributed by atoms with Crippen molar-refractivity contribution >= 4 is 15.9 Å². The van der Waals surface area contributed by atoms with Crippen LogP contribution in [0.2, 0.25) is 0 Å². The van der Waals surface area contributed by atoms with Gasteiger partial charge in [0.25, 0.3) is 5.91 Å². The van der Waals surface area contributed by atoms with Crippen LogP contribution in [0, 0.1) is 0 Å². The van der Waals surface area contributed by atoms with E-state index >= 15 is 0 Å². The van der Waals surface area contributed by atoms with Crippen molar-refractivity contribution in [3.8, 4) is 0 Å². The molecule has 0 bridgehead atoms. The third-order valence-corrected chi connectivity index (χ3v) is 7.28. The normalized spacial score (nSPS) is 20.1. The van der Waals surface area contributed by atoms with Crippen molar-refractivity contribution in [2.75, 3.05) is 39.3 Å². The number of sulfonamides is 1. The Morgan fingerprint density at radius 2 is 1.71 bits per heavy atom. The third kappa shape index (κ3) is 5.71. The SMILES string of the molecule is O=C(c1ccc(S(=O)(=O)NC[C@H]2CCCO2)cc1)N1CCN(Cc2ccccc2)CC1. The second-order valence-corrected chi connectivity index (χ2v) is 9.83. The molecule has 0 aliphatic carbocycles. The molecule has 2 fully saturated rings. The van der Waals surface area contributed by atoms with Gasteiger partial charge in [0.2, 0.25) is 10.0 Å². The summed E-state index contributed by atoms with van der Waals surface area (Å²) in [5, 5.41) is 0. The summed E-state index contributed by atoms with van der Waals surface area (Å²) < 4.78 is 33.0. The highest BCUT2D eigenvalue weighted by atomic mass is 32.2. The number of carbonyl (C=O) groups excluding carboxylic acids is 1. The van der Waals surface area contributed by atoms with Crippen molar-refractivity contribution in [1.29, 1.82) is 0 Å². The molecule has 0 aromatic heterocycles. The zero-order chi connectivity index (χ0) is 21.7. The largest absolute Gasteiger partial charge is 0.377 e. The molecule has 31 heavy (non-hydrogen) atoms. The number of nitrogens with one attached hydrogen (secondary N) is 1. The van der Waals surface area contributed by atoms with E-state index in [2.05, 4.69) is 21.8 Å². The lowest BCUT2D eigenvalue weighted by atomic mass is 10.1. The Hall–Kier alpha value is -2.26. The Bertz CT molecular complexity index is 966. The van der Waals surface area contributed by atoms with Crippen LogP contribution in [0.4, 0.5) is 0 Å². The van der Waals surface area contributed by atoms with Crippen molar-refractivity contribution in [3.63, 3.8) is 0 Å². The van der Waals surface area contributed by atoms with E-state index in [1.54, 1.807) is 12.1 Å². The van der Waals surface area contributed by atoms with Gasteiger partial charge in [0.15, 0.2) is 0 Å².